The molecule has 0 radical (unpaired) electrons. The topological polar surface area (TPSA) is 51.5 Å². The van der Waals surface area contributed by atoms with E-state index < -0.39 is 0 Å². The number of nitrogens with one attached hydrogen (secondary N) is 1. The van der Waals surface area contributed by atoms with Gasteiger partial charge in [-0.15, -0.1) is 5.10 Å². The van der Waals surface area contributed by atoms with Crippen LogP contribution in [0.2, 0.25) is 0 Å². The lowest BCUT2D eigenvalue weighted by Crippen LogP contribution is -2.18. The molecule has 1 aliphatic heterocycles. The summed E-state index contributed by atoms with van der Waals surface area (Å²) < 4.78 is 7.84. The Balaban J connectivity index is 1.44. The predicted molar refractivity (Wildman–Crippen MR) is 101 cm³/mol. The number of fused-ring (bicyclic) bond motifs is 1. The van der Waals surface area contributed by atoms with Gasteiger partial charge in [-0.05, 0) is 12.0 Å². The molecule has 0 amide bonds. The van der Waals surface area contributed by atoms with Crippen LogP contribution in [-0.4, -0.2) is 27.7 Å². The molecule has 2 unspecified atom stereocenters. The van der Waals surface area contributed by atoms with Crippen LogP contribution in [-0.2, 0) is 10.2 Å². The molecule has 0 bridgehead atoms. The average molecular weight is 356 g/mol. The van der Waals surface area contributed by atoms with Crippen molar-refractivity contribution in [3.63, 3.8) is 0 Å². The maximum atomic E-state index is 5.96. The molecule has 1 fully saturated rings. The van der Waals surface area contributed by atoms with E-state index in [4.69, 9.17) is 9.72 Å². The maximum Gasteiger partial charge on any atom is 0.214 e. The fraction of sp³-hybridized carbons (Fsp3) is 0.474. The van der Waals surface area contributed by atoms with Gasteiger partial charge in [-0.1, -0.05) is 62.4 Å². The van der Waals surface area contributed by atoms with Gasteiger partial charge < -0.3 is 10.1 Å². The van der Waals surface area contributed by atoms with Crippen LogP contribution in [0.15, 0.2) is 36.5 Å². The van der Waals surface area contributed by atoms with Crippen molar-refractivity contribution in [3.05, 3.63) is 47.8 Å². The van der Waals surface area contributed by atoms with E-state index >= 15 is 0 Å². The fourth-order valence-corrected chi connectivity index (χ4v) is 3.99. The van der Waals surface area contributed by atoms with Crippen molar-refractivity contribution in [3.8, 4) is 0 Å². The van der Waals surface area contributed by atoms with E-state index in [2.05, 4.69) is 55.5 Å². The molecule has 1 aliphatic rings. The molecular formula is C19H24N4OS. The molecule has 3 aromatic rings. The average Bonchev–Trinajstić information content (AvgIpc) is 3.27. The van der Waals surface area contributed by atoms with Crippen LogP contribution in [0.4, 0.5) is 5.13 Å². The third kappa shape index (κ3) is 3.41. The predicted octanol–water partition coefficient (Wildman–Crippen LogP) is 4.28. The lowest BCUT2D eigenvalue weighted by molar-refractivity contribution is 0.0933. The molecule has 0 saturated carbocycles. The molecule has 3 heterocycles. The van der Waals surface area contributed by atoms with Crippen LogP contribution in [0.3, 0.4) is 0 Å². The molecule has 2 aromatic heterocycles. The second-order valence-electron chi connectivity index (χ2n) is 7.64. The molecule has 5 nitrogen and oxygen atoms in total. The van der Waals surface area contributed by atoms with E-state index in [1.807, 2.05) is 16.8 Å². The Kier molecular flexibility index (Phi) is 4.25. The van der Waals surface area contributed by atoms with Crippen LogP contribution >= 0.6 is 11.3 Å². The lowest BCUT2D eigenvalue weighted by Gasteiger charge is -2.19. The molecule has 0 aliphatic carbocycles. The Morgan fingerprint density at radius 1 is 1.28 bits per heavy atom. The van der Waals surface area contributed by atoms with Crippen LogP contribution < -0.4 is 5.32 Å². The quantitative estimate of drug-likeness (QED) is 0.758. The van der Waals surface area contributed by atoms with Gasteiger partial charge >= 0.3 is 0 Å². The highest BCUT2D eigenvalue weighted by Gasteiger charge is 2.29. The molecule has 4 rings (SSSR count). The van der Waals surface area contributed by atoms with Gasteiger partial charge in [0.05, 0.1) is 18.0 Å². The molecule has 6 heteroatoms. The minimum absolute atomic E-state index is 0.0467. The summed E-state index contributed by atoms with van der Waals surface area (Å²) in [5, 5.41) is 9.03. The molecule has 132 valence electrons. The Bertz CT molecular complexity index is 818. The zero-order chi connectivity index (χ0) is 17.4. The normalized spacial score (nSPS) is 21.1. The smallest absolute Gasteiger partial charge is 0.214 e. The minimum Gasteiger partial charge on any atom is -0.373 e. The minimum atomic E-state index is 0.0467. The lowest BCUT2D eigenvalue weighted by atomic mass is 9.93. The second-order valence-corrected chi connectivity index (χ2v) is 8.60. The Labute approximate surface area is 152 Å². The van der Waals surface area contributed by atoms with Gasteiger partial charge in [0.25, 0.3) is 0 Å². The summed E-state index contributed by atoms with van der Waals surface area (Å²) in [5.41, 5.74) is 2.38. The van der Waals surface area contributed by atoms with E-state index in [0.29, 0.717) is 5.92 Å². The molecule has 0 spiro atoms. The van der Waals surface area contributed by atoms with Crippen molar-refractivity contribution in [1.29, 1.82) is 0 Å². The van der Waals surface area contributed by atoms with Gasteiger partial charge in [-0.25, -0.2) is 9.50 Å². The van der Waals surface area contributed by atoms with Gasteiger partial charge in [0.15, 0.2) is 0 Å². The first-order valence-corrected chi connectivity index (χ1v) is 9.59. The van der Waals surface area contributed by atoms with Crippen LogP contribution in [0.25, 0.3) is 4.96 Å². The summed E-state index contributed by atoms with van der Waals surface area (Å²) in [4.78, 5) is 5.64. The van der Waals surface area contributed by atoms with Crippen LogP contribution in [0.5, 0.6) is 0 Å². The van der Waals surface area contributed by atoms with Crippen molar-refractivity contribution in [2.75, 3.05) is 18.5 Å². The van der Waals surface area contributed by atoms with Gasteiger partial charge in [0, 0.05) is 24.5 Å². The third-order valence-corrected chi connectivity index (χ3v) is 5.55. The Morgan fingerprint density at radius 2 is 2.08 bits per heavy atom. The van der Waals surface area contributed by atoms with Crippen LogP contribution in [0, 0.1) is 5.92 Å². The van der Waals surface area contributed by atoms with Crippen LogP contribution in [0.1, 0.15) is 44.6 Å². The summed E-state index contributed by atoms with van der Waals surface area (Å²) in [6.07, 6.45) is 3.27. The highest BCUT2D eigenvalue weighted by Crippen LogP contribution is 2.35. The third-order valence-electron chi connectivity index (χ3n) is 4.67. The van der Waals surface area contributed by atoms with E-state index in [1.165, 1.54) is 5.56 Å². The van der Waals surface area contributed by atoms with E-state index in [-0.39, 0.29) is 11.5 Å². The number of nitrogens with zero attached hydrogens (tertiary/aromatic N) is 3. The number of hydrogen-bond donors (Lipinski definition) is 1. The summed E-state index contributed by atoms with van der Waals surface area (Å²) >= 11 is 1.60. The van der Waals surface area contributed by atoms with E-state index in [0.717, 1.165) is 35.4 Å². The number of aromatic nitrogens is 3. The Morgan fingerprint density at radius 3 is 2.80 bits per heavy atom. The number of anilines is 1. The summed E-state index contributed by atoms with van der Waals surface area (Å²) in [6.45, 7) is 8.19. The monoisotopic (exact) mass is 356 g/mol. The standard InChI is InChI=1S/C19H24N4OS/c1-19(2,3)15-12-23-18(21-15)25-17(22-23)20-11-14-9-10-24-16(14)13-7-5-4-6-8-13/h4-8,12,14,16H,9-11H2,1-3H3,(H,20,22). The Hall–Kier alpha value is -1.92. The second kappa shape index (κ2) is 6.42. The SMILES string of the molecule is CC(C)(C)c1cn2nc(NCC3CCOC3c3ccccc3)sc2n1. The largest absolute Gasteiger partial charge is 0.373 e. The number of hydrogen-bond acceptors (Lipinski definition) is 5. The summed E-state index contributed by atoms with van der Waals surface area (Å²) in [7, 11) is 0. The molecule has 2 atom stereocenters. The number of benzene rings is 1. The number of rotatable bonds is 4. The molecule has 1 saturated heterocycles. The number of ether oxygens (including phenoxy) is 1. The van der Waals surface area contributed by atoms with E-state index in [9.17, 15) is 0 Å². The van der Waals surface area contributed by atoms with Crippen molar-refractivity contribution < 1.29 is 4.74 Å². The molecule has 1 N–H and O–H groups in total. The zero-order valence-electron chi connectivity index (χ0n) is 14.9. The highest BCUT2D eigenvalue weighted by molar-refractivity contribution is 7.20. The maximum absolute atomic E-state index is 5.96. The van der Waals surface area contributed by atoms with Crippen molar-refractivity contribution in [1.82, 2.24) is 14.6 Å². The van der Waals surface area contributed by atoms with Crippen molar-refractivity contribution >= 4 is 21.4 Å². The summed E-state index contributed by atoms with van der Waals surface area (Å²) in [6, 6.07) is 10.5. The van der Waals surface area contributed by atoms with Gasteiger partial charge in [-0.3, -0.25) is 0 Å². The highest BCUT2D eigenvalue weighted by atomic mass is 32.1. The first-order valence-electron chi connectivity index (χ1n) is 8.78. The molecule has 1 aromatic carbocycles. The van der Waals surface area contributed by atoms with Gasteiger partial charge in [0.2, 0.25) is 10.1 Å². The molecule has 25 heavy (non-hydrogen) atoms. The first-order chi connectivity index (χ1) is 12.0. The van der Waals surface area contributed by atoms with E-state index in [1.54, 1.807) is 11.3 Å². The van der Waals surface area contributed by atoms with Crippen molar-refractivity contribution in [2.24, 2.45) is 5.92 Å². The first kappa shape index (κ1) is 16.5. The number of imidazole rings is 1. The molecular weight excluding hydrogens is 332 g/mol. The zero-order valence-corrected chi connectivity index (χ0v) is 15.7. The van der Waals surface area contributed by atoms with Crippen molar-refractivity contribution in [2.45, 2.75) is 38.7 Å². The van der Waals surface area contributed by atoms with Gasteiger partial charge in [-0.2, -0.15) is 0 Å². The fourth-order valence-electron chi connectivity index (χ4n) is 3.21. The van der Waals surface area contributed by atoms with Gasteiger partial charge in [0.1, 0.15) is 0 Å². The summed E-state index contributed by atoms with van der Waals surface area (Å²) in [5.74, 6) is 0.462.